The quantitative estimate of drug-likeness (QED) is 0.438. The lowest BCUT2D eigenvalue weighted by Gasteiger charge is -2.21. The monoisotopic (exact) mass is 338 g/mol. The zero-order valence-electron chi connectivity index (χ0n) is 14.5. The molecule has 1 heterocycles. The summed E-state index contributed by atoms with van der Waals surface area (Å²) < 4.78 is 13.4. The highest BCUT2D eigenvalue weighted by Gasteiger charge is 2.35. The number of carbonyl (C=O) groups is 1. The van der Waals surface area contributed by atoms with Crippen LogP contribution in [0.25, 0.3) is 0 Å². The molecule has 24 heavy (non-hydrogen) atoms. The Bertz CT molecular complexity index is 505. The van der Waals surface area contributed by atoms with Crippen molar-refractivity contribution in [3.63, 3.8) is 0 Å². The number of amides is 1. The van der Waals surface area contributed by atoms with E-state index in [1.54, 1.807) is 0 Å². The van der Waals surface area contributed by atoms with Gasteiger partial charge < -0.3 is 15.1 Å². The van der Waals surface area contributed by atoms with Gasteiger partial charge in [0.2, 0.25) is 5.91 Å². The van der Waals surface area contributed by atoms with Crippen molar-refractivity contribution in [3.8, 4) is 6.07 Å². The molecule has 1 saturated carbocycles. The number of rotatable bonds is 7. The van der Waals surface area contributed by atoms with E-state index in [2.05, 4.69) is 10.5 Å². The summed E-state index contributed by atoms with van der Waals surface area (Å²) in [7, 11) is 0. The van der Waals surface area contributed by atoms with Gasteiger partial charge in [-0.15, -0.1) is 0 Å². The predicted molar refractivity (Wildman–Crippen MR) is 89.1 cm³/mol. The number of nitrogens with zero attached hydrogens (tertiary/aromatic N) is 3. The molecule has 4 atom stereocenters. The lowest BCUT2D eigenvalue weighted by molar-refractivity contribution is -0.130. The van der Waals surface area contributed by atoms with Gasteiger partial charge in [0, 0.05) is 18.4 Å². The summed E-state index contributed by atoms with van der Waals surface area (Å²) in [5.41, 5.74) is 1.00. The Morgan fingerprint density at radius 3 is 2.96 bits per heavy atom. The Hall–Kier alpha value is -1.68. The standard InChI is InChI=1S/C17H27FN4O2/c1-3-6-24-21-12(2)13-4-5-15(7-13)20-10-17(23)22-11-14(18)8-16(22)9-19/h13-16,20H,3-8,10-11H2,1-2H3/b21-12+/t13-,14?,15+,16-/m0/s1. The second-order valence-electron chi connectivity index (χ2n) is 6.68. The van der Waals surface area contributed by atoms with Crippen LogP contribution in [0.1, 0.15) is 46.0 Å². The average molecular weight is 338 g/mol. The van der Waals surface area contributed by atoms with Crippen LogP contribution in [0.2, 0.25) is 0 Å². The molecule has 0 aromatic carbocycles. The summed E-state index contributed by atoms with van der Waals surface area (Å²) >= 11 is 0. The number of nitrogens with one attached hydrogen (secondary N) is 1. The number of oxime groups is 1. The summed E-state index contributed by atoms with van der Waals surface area (Å²) in [6, 6.07) is 1.63. The van der Waals surface area contributed by atoms with Crippen molar-refractivity contribution in [2.75, 3.05) is 19.7 Å². The van der Waals surface area contributed by atoms with Crippen molar-refractivity contribution < 1.29 is 14.0 Å². The third-order valence-corrected chi connectivity index (χ3v) is 4.79. The molecule has 2 aliphatic rings. The Kier molecular flexibility index (Phi) is 6.98. The SMILES string of the molecule is CCCO/N=C(\C)[C@H]1CC[C@@H](NCC(=O)N2CC(F)C[C@H]2C#N)C1. The van der Waals surface area contributed by atoms with Gasteiger partial charge in [-0.05, 0) is 32.6 Å². The van der Waals surface area contributed by atoms with Crippen molar-refractivity contribution in [3.05, 3.63) is 0 Å². The first kappa shape index (κ1) is 18.7. The van der Waals surface area contributed by atoms with Gasteiger partial charge >= 0.3 is 0 Å². The van der Waals surface area contributed by atoms with Gasteiger partial charge in [0.05, 0.1) is 24.9 Å². The highest BCUT2D eigenvalue weighted by atomic mass is 19.1. The lowest BCUT2D eigenvalue weighted by atomic mass is 10.0. The maximum atomic E-state index is 13.4. The first-order chi connectivity index (χ1) is 11.5. The molecule has 1 aliphatic heterocycles. The summed E-state index contributed by atoms with van der Waals surface area (Å²) in [6.45, 7) is 4.85. The van der Waals surface area contributed by atoms with Crippen LogP contribution in [-0.2, 0) is 9.63 Å². The minimum atomic E-state index is -1.09. The molecule has 7 heteroatoms. The molecule has 2 fully saturated rings. The molecule has 0 bridgehead atoms. The number of likely N-dealkylation sites (tertiary alicyclic amines) is 1. The van der Waals surface area contributed by atoms with E-state index in [1.807, 2.05) is 19.9 Å². The minimum absolute atomic E-state index is 0.0343. The van der Waals surface area contributed by atoms with E-state index in [-0.39, 0.29) is 31.5 Å². The summed E-state index contributed by atoms with van der Waals surface area (Å²) in [4.78, 5) is 18.8. The van der Waals surface area contributed by atoms with E-state index in [4.69, 9.17) is 10.1 Å². The fourth-order valence-corrected chi connectivity index (χ4v) is 3.38. The molecule has 1 N–H and O–H groups in total. The topological polar surface area (TPSA) is 77.7 Å². The smallest absolute Gasteiger partial charge is 0.237 e. The van der Waals surface area contributed by atoms with Crippen LogP contribution < -0.4 is 5.32 Å². The highest BCUT2D eigenvalue weighted by Crippen LogP contribution is 2.27. The molecule has 0 aromatic heterocycles. The molecule has 0 radical (unpaired) electrons. The van der Waals surface area contributed by atoms with Crippen LogP contribution in [0, 0.1) is 17.2 Å². The van der Waals surface area contributed by atoms with Gasteiger partial charge in [0.1, 0.15) is 18.8 Å². The number of nitriles is 1. The van der Waals surface area contributed by atoms with Crippen LogP contribution in [0.4, 0.5) is 4.39 Å². The molecule has 0 aromatic rings. The van der Waals surface area contributed by atoms with Crippen LogP contribution >= 0.6 is 0 Å². The fourth-order valence-electron chi connectivity index (χ4n) is 3.38. The van der Waals surface area contributed by atoms with Crippen molar-refractivity contribution in [1.29, 1.82) is 5.26 Å². The van der Waals surface area contributed by atoms with Gasteiger partial charge in [-0.1, -0.05) is 12.1 Å². The molecule has 0 spiro atoms. The average Bonchev–Trinajstić information content (AvgIpc) is 3.19. The Labute approximate surface area is 143 Å². The summed E-state index contributed by atoms with van der Waals surface area (Å²) in [5.74, 6) is 0.185. The van der Waals surface area contributed by atoms with Crippen molar-refractivity contribution in [2.24, 2.45) is 11.1 Å². The van der Waals surface area contributed by atoms with E-state index in [1.165, 1.54) is 4.90 Å². The lowest BCUT2D eigenvalue weighted by Crippen LogP contribution is -2.43. The molecule has 1 amide bonds. The molecule has 1 unspecified atom stereocenters. The van der Waals surface area contributed by atoms with E-state index in [0.717, 1.165) is 31.4 Å². The first-order valence-electron chi connectivity index (χ1n) is 8.78. The van der Waals surface area contributed by atoms with Gasteiger partial charge in [0.25, 0.3) is 0 Å². The number of halogens is 1. The van der Waals surface area contributed by atoms with Gasteiger partial charge in [-0.25, -0.2) is 4.39 Å². The molecule has 2 rings (SSSR count). The zero-order valence-corrected chi connectivity index (χ0v) is 14.5. The molecule has 1 saturated heterocycles. The normalized spacial score (nSPS) is 30.4. The number of hydrogen-bond acceptors (Lipinski definition) is 5. The number of carbonyl (C=O) groups excluding carboxylic acids is 1. The van der Waals surface area contributed by atoms with Crippen molar-refractivity contribution >= 4 is 11.6 Å². The van der Waals surface area contributed by atoms with Crippen LogP contribution in [0.5, 0.6) is 0 Å². The third kappa shape index (κ3) is 4.91. The second kappa shape index (κ2) is 8.97. The Balaban J connectivity index is 1.75. The van der Waals surface area contributed by atoms with Gasteiger partial charge in [0.15, 0.2) is 0 Å². The van der Waals surface area contributed by atoms with Gasteiger partial charge in [-0.3, -0.25) is 4.79 Å². The zero-order chi connectivity index (χ0) is 17.5. The molecular weight excluding hydrogens is 311 g/mol. The first-order valence-corrected chi connectivity index (χ1v) is 8.78. The number of alkyl halides is 1. The molecular formula is C17H27FN4O2. The minimum Gasteiger partial charge on any atom is -0.396 e. The maximum absolute atomic E-state index is 13.4. The third-order valence-electron chi connectivity index (χ3n) is 4.79. The molecule has 134 valence electrons. The van der Waals surface area contributed by atoms with E-state index >= 15 is 0 Å². The van der Waals surface area contributed by atoms with Crippen molar-refractivity contribution in [1.82, 2.24) is 10.2 Å². The van der Waals surface area contributed by atoms with E-state index < -0.39 is 12.2 Å². The summed E-state index contributed by atoms with van der Waals surface area (Å²) in [5, 5.41) is 16.4. The van der Waals surface area contributed by atoms with Gasteiger partial charge in [-0.2, -0.15) is 5.26 Å². The van der Waals surface area contributed by atoms with E-state index in [0.29, 0.717) is 12.5 Å². The van der Waals surface area contributed by atoms with Crippen LogP contribution in [-0.4, -0.2) is 54.5 Å². The predicted octanol–water partition coefficient (Wildman–Crippen LogP) is 2.01. The van der Waals surface area contributed by atoms with E-state index in [9.17, 15) is 9.18 Å². The summed E-state index contributed by atoms with van der Waals surface area (Å²) in [6.07, 6.45) is 2.90. The molecule has 1 aliphatic carbocycles. The number of hydrogen-bond donors (Lipinski definition) is 1. The van der Waals surface area contributed by atoms with Crippen LogP contribution in [0.15, 0.2) is 5.16 Å². The second-order valence-corrected chi connectivity index (χ2v) is 6.68. The largest absolute Gasteiger partial charge is 0.396 e. The molecule has 6 nitrogen and oxygen atoms in total. The van der Waals surface area contributed by atoms with Crippen LogP contribution in [0.3, 0.4) is 0 Å². The van der Waals surface area contributed by atoms with Crippen molar-refractivity contribution in [2.45, 2.75) is 64.2 Å². The Morgan fingerprint density at radius 2 is 2.25 bits per heavy atom. The fraction of sp³-hybridized carbons (Fsp3) is 0.824. The highest BCUT2D eigenvalue weighted by molar-refractivity contribution is 5.84. The Morgan fingerprint density at radius 1 is 1.46 bits per heavy atom. The maximum Gasteiger partial charge on any atom is 0.237 e.